The average molecular weight is 654 g/mol. The van der Waals surface area contributed by atoms with Crippen molar-refractivity contribution in [2.75, 3.05) is 65.5 Å². The number of anilines is 1. The number of sulfonamides is 1. The van der Waals surface area contributed by atoms with E-state index in [2.05, 4.69) is 10.2 Å². The van der Waals surface area contributed by atoms with Crippen LogP contribution in [0.4, 0.5) is 5.95 Å². The summed E-state index contributed by atoms with van der Waals surface area (Å²) in [5.41, 5.74) is 2.94. The van der Waals surface area contributed by atoms with Gasteiger partial charge in [-0.15, -0.1) is 0 Å². The van der Waals surface area contributed by atoms with Crippen molar-refractivity contribution in [1.29, 1.82) is 0 Å². The molecule has 5 rings (SSSR count). The molecule has 45 heavy (non-hydrogen) atoms. The van der Waals surface area contributed by atoms with Crippen molar-refractivity contribution in [2.24, 2.45) is 0 Å². The first-order valence-electron chi connectivity index (χ1n) is 14.4. The molecule has 238 valence electrons. The molecule has 1 saturated heterocycles. The molecule has 1 N–H and O–H groups in total. The molecule has 0 unspecified atom stereocenters. The molecule has 2 heterocycles. The highest BCUT2D eigenvalue weighted by atomic mass is 35.5. The topological polar surface area (TPSA) is 115 Å². The van der Waals surface area contributed by atoms with Crippen molar-refractivity contribution in [1.82, 2.24) is 18.8 Å². The Hall–Kier alpha value is -3.94. The Labute approximate surface area is 268 Å². The van der Waals surface area contributed by atoms with Gasteiger partial charge in [-0.3, -0.25) is 19.6 Å². The van der Waals surface area contributed by atoms with Crippen molar-refractivity contribution >= 4 is 33.5 Å². The van der Waals surface area contributed by atoms with Crippen molar-refractivity contribution in [2.45, 2.75) is 11.8 Å². The second-order valence-corrected chi connectivity index (χ2v) is 12.9. The third-order valence-corrected chi connectivity index (χ3v) is 9.60. The van der Waals surface area contributed by atoms with E-state index in [0.717, 1.165) is 11.1 Å². The van der Waals surface area contributed by atoms with Crippen LogP contribution in [0.3, 0.4) is 0 Å². The number of ether oxygens (including phenoxy) is 3. The lowest BCUT2D eigenvalue weighted by atomic mass is 10.2. The van der Waals surface area contributed by atoms with Crippen LogP contribution in [0.25, 0.3) is 16.9 Å². The van der Waals surface area contributed by atoms with Crippen LogP contribution in [-0.2, 0) is 19.6 Å². The molecule has 0 spiro atoms. The molecule has 0 aliphatic carbocycles. The van der Waals surface area contributed by atoms with Crippen LogP contribution in [0.15, 0.2) is 77.8 Å². The number of hydrogen-bond acceptors (Lipinski definition) is 8. The molecule has 0 radical (unpaired) electrons. The second-order valence-electron chi connectivity index (χ2n) is 10.5. The summed E-state index contributed by atoms with van der Waals surface area (Å²) in [6, 6.07) is 19.1. The number of morpholine rings is 1. The number of halogens is 1. The first-order chi connectivity index (χ1) is 21.7. The summed E-state index contributed by atoms with van der Waals surface area (Å²) < 4.78 is 46.8. The predicted octanol–water partition coefficient (Wildman–Crippen LogP) is 4.48. The standard InChI is InChI=1S/C32H36ClN5O6S/c1-23-4-11-27(12-5-23)45(40,41)37(15-14-36-16-18-44-19-17-36)22-31(39)35-32-34-28(24-6-8-25(33)9-7-24)21-38(32)26-10-13-29(42-2)30(20-26)43-3/h4-13,20-21H,14-19,22H2,1-3H3,(H,34,35,39). The van der Waals surface area contributed by atoms with Gasteiger partial charge in [0.25, 0.3) is 0 Å². The highest BCUT2D eigenvalue weighted by molar-refractivity contribution is 7.89. The maximum Gasteiger partial charge on any atom is 0.243 e. The largest absolute Gasteiger partial charge is 0.493 e. The summed E-state index contributed by atoms with van der Waals surface area (Å²) in [4.78, 5) is 20.6. The van der Waals surface area contributed by atoms with Gasteiger partial charge >= 0.3 is 0 Å². The van der Waals surface area contributed by atoms with E-state index in [0.29, 0.717) is 60.8 Å². The van der Waals surface area contributed by atoms with Crippen LogP contribution in [0.5, 0.6) is 11.5 Å². The van der Waals surface area contributed by atoms with Crippen LogP contribution in [0.1, 0.15) is 5.56 Å². The number of rotatable bonds is 12. The monoisotopic (exact) mass is 653 g/mol. The Kier molecular flexibility index (Phi) is 10.4. The minimum absolute atomic E-state index is 0.125. The fraction of sp³-hybridized carbons (Fsp3) is 0.312. The molecule has 1 aliphatic heterocycles. The minimum Gasteiger partial charge on any atom is -0.493 e. The number of carbonyl (C=O) groups is 1. The zero-order valence-corrected chi connectivity index (χ0v) is 27.0. The van der Waals surface area contributed by atoms with E-state index in [1.54, 1.807) is 72.5 Å². The van der Waals surface area contributed by atoms with Gasteiger partial charge < -0.3 is 14.2 Å². The molecule has 4 aromatic rings. The molecule has 13 heteroatoms. The molecule has 0 atom stereocenters. The molecule has 1 amide bonds. The molecule has 0 saturated carbocycles. The number of aromatic nitrogens is 2. The van der Waals surface area contributed by atoms with E-state index in [-0.39, 0.29) is 17.4 Å². The number of carbonyl (C=O) groups excluding carboxylic acids is 1. The Balaban J connectivity index is 1.45. The van der Waals surface area contributed by atoms with Gasteiger partial charge in [0, 0.05) is 49.0 Å². The zero-order valence-electron chi connectivity index (χ0n) is 25.4. The van der Waals surface area contributed by atoms with Gasteiger partial charge in [0.2, 0.25) is 21.9 Å². The number of amides is 1. The smallest absolute Gasteiger partial charge is 0.243 e. The highest BCUT2D eigenvalue weighted by Gasteiger charge is 2.28. The van der Waals surface area contributed by atoms with Gasteiger partial charge in [0.05, 0.1) is 50.3 Å². The van der Waals surface area contributed by atoms with Gasteiger partial charge in [0.15, 0.2) is 11.5 Å². The van der Waals surface area contributed by atoms with E-state index < -0.39 is 22.5 Å². The number of aryl methyl sites for hydroxylation is 1. The highest BCUT2D eigenvalue weighted by Crippen LogP contribution is 2.32. The van der Waals surface area contributed by atoms with Crippen molar-refractivity contribution in [3.05, 3.63) is 83.5 Å². The fourth-order valence-electron chi connectivity index (χ4n) is 4.95. The molecule has 1 fully saturated rings. The minimum atomic E-state index is -3.98. The Morgan fingerprint density at radius 1 is 1.00 bits per heavy atom. The van der Waals surface area contributed by atoms with E-state index in [1.165, 1.54) is 11.4 Å². The lowest BCUT2D eigenvalue weighted by molar-refractivity contribution is -0.116. The number of nitrogens with zero attached hydrogens (tertiary/aromatic N) is 4. The number of imidazole rings is 1. The van der Waals surface area contributed by atoms with Crippen LogP contribution in [0.2, 0.25) is 5.02 Å². The Morgan fingerprint density at radius 3 is 2.36 bits per heavy atom. The molecule has 11 nitrogen and oxygen atoms in total. The summed E-state index contributed by atoms with van der Waals surface area (Å²) in [6.07, 6.45) is 1.78. The number of nitrogens with one attached hydrogen (secondary N) is 1. The van der Waals surface area contributed by atoms with Crippen LogP contribution < -0.4 is 14.8 Å². The SMILES string of the molecule is COc1ccc(-n2cc(-c3ccc(Cl)cc3)nc2NC(=O)CN(CCN2CCOCC2)S(=O)(=O)c2ccc(C)cc2)cc1OC. The molecular weight excluding hydrogens is 618 g/mol. The van der Waals surface area contributed by atoms with Crippen LogP contribution >= 0.6 is 11.6 Å². The molecule has 3 aromatic carbocycles. The summed E-state index contributed by atoms with van der Waals surface area (Å²) >= 11 is 6.10. The van der Waals surface area contributed by atoms with Crippen molar-refractivity contribution in [3.63, 3.8) is 0 Å². The molecule has 0 bridgehead atoms. The van der Waals surface area contributed by atoms with Crippen LogP contribution in [0, 0.1) is 6.92 Å². The zero-order chi connectivity index (χ0) is 32.0. The molecule has 1 aliphatic rings. The van der Waals surface area contributed by atoms with E-state index >= 15 is 0 Å². The van der Waals surface area contributed by atoms with Crippen molar-refractivity contribution in [3.8, 4) is 28.4 Å². The van der Waals surface area contributed by atoms with Crippen molar-refractivity contribution < 1.29 is 27.4 Å². The first kappa shape index (κ1) is 32.5. The maximum absolute atomic E-state index is 13.8. The average Bonchev–Trinajstić information content (AvgIpc) is 3.47. The summed E-state index contributed by atoms with van der Waals surface area (Å²) in [5.74, 6) is 0.704. The fourth-order valence-corrected chi connectivity index (χ4v) is 6.46. The second kappa shape index (κ2) is 14.4. The lowest BCUT2D eigenvalue weighted by Gasteiger charge is -2.29. The predicted molar refractivity (Wildman–Crippen MR) is 173 cm³/mol. The third kappa shape index (κ3) is 7.84. The third-order valence-electron chi connectivity index (χ3n) is 7.49. The van der Waals surface area contributed by atoms with Gasteiger partial charge in [-0.1, -0.05) is 41.4 Å². The number of methoxy groups -OCH3 is 2. The van der Waals surface area contributed by atoms with Crippen LogP contribution in [-0.4, -0.2) is 93.2 Å². The number of benzene rings is 3. The number of hydrogen-bond donors (Lipinski definition) is 1. The van der Waals surface area contributed by atoms with E-state index in [1.807, 2.05) is 19.1 Å². The van der Waals surface area contributed by atoms with Gasteiger partial charge in [0.1, 0.15) is 0 Å². The first-order valence-corrected chi connectivity index (χ1v) is 16.2. The summed E-state index contributed by atoms with van der Waals surface area (Å²) in [5, 5.41) is 3.43. The van der Waals surface area contributed by atoms with E-state index in [4.69, 9.17) is 30.8 Å². The Bertz CT molecular complexity index is 1720. The van der Waals surface area contributed by atoms with Gasteiger partial charge in [-0.2, -0.15) is 4.31 Å². The quantitative estimate of drug-likeness (QED) is 0.238. The van der Waals surface area contributed by atoms with Gasteiger partial charge in [-0.25, -0.2) is 13.4 Å². The molecular formula is C32H36ClN5O6S. The summed E-state index contributed by atoms with van der Waals surface area (Å²) in [7, 11) is -0.893. The van der Waals surface area contributed by atoms with Gasteiger partial charge in [-0.05, 0) is 43.3 Å². The summed E-state index contributed by atoms with van der Waals surface area (Å²) in [6.45, 7) is 4.63. The normalized spacial score (nSPS) is 14.0. The molecule has 1 aromatic heterocycles. The maximum atomic E-state index is 13.8. The van der Waals surface area contributed by atoms with E-state index in [9.17, 15) is 13.2 Å². The Morgan fingerprint density at radius 2 is 1.69 bits per heavy atom. The lowest BCUT2D eigenvalue weighted by Crippen LogP contribution is -2.45.